The van der Waals surface area contributed by atoms with Crippen LogP contribution in [0.3, 0.4) is 0 Å². The van der Waals surface area contributed by atoms with Crippen molar-refractivity contribution in [3.8, 4) is 0 Å². The molecule has 0 aliphatic carbocycles. The number of hydrogen-bond donors (Lipinski definition) is 2. The summed E-state index contributed by atoms with van der Waals surface area (Å²) >= 11 is 1.62. The van der Waals surface area contributed by atoms with Crippen molar-refractivity contribution in [2.24, 2.45) is 5.92 Å². The quantitative estimate of drug-likeness (QED) is 0.843. The van der Waals surface area contributed by atoms with Crippen molar-refractivity contribution < 1.29 is 9.59 Å². The summed E-state index contributed by atoms with van der Waals surface area (Å²) in [6.45, 7) is 8.26. The molecule has 5 heteroatoms. The van der Waals surface area contributed by atoms with E-state index in [2.05, 4.69) is 10.6 Å². The Morgan fingerprint density at radius 2 is 1.79 bits per heavy atom. The molecule has 0 radical (unpaired) electrons. The van der Waals surface area contributed by atoms with Crippen LogP contribution in [-0.4, -0.2) is 17.9 Å². The Balaban J connectivity index is 2.03. The molecule has 2 rings (SSSR count). The van der Waals surface area contributed by atoms with Crippen molar-refractivity contribution >= 4 is 23.2 Å². The molecule has 2 aromatic rings. The van der Waals surface area contributed by atoms with Gasteiger partial charge < -0.3 is 10.6 Å². The summed E-state index contributed by atoms with van der Waals surface area (Å²) in [5.41, 5.74) is 2.67. The van der Waals surface area contributed by atoms with Crippen molar-refractivity contribution in [1.29, 1.82) is 0 Å². The van der Waals surface area contributed by atoms with Gasteiger partial charge in [-0.2, -0.15) is 0 Å². The molecule has 1 aromatic carbocycles. The topological polar surface area (TPSA) is 58.2 Å². The largest absolute Gasteiger partial charge is 0.349 e. The highest BCUT2D eigenvalue weighted by Gasteiger charge is 2.25. The summed E-state index contributed by atoms with van der Waals surface area (Å²) in [4.78, 5) is 26.1. The molecule has 0 aliphatic heterocycles. The first kappa shape index (κ1) is 18.2. The number of aryl methyl sites for hydroxylation is 2. The summed E-state index contributed by atoms with van der Waals surface area (Å²) < 4.78 is 0. The molecule has 1 unspecified atom stereocenters. The maximum atomic E-state index is 12.5. The van der Waals surface area contributed by atoms with E-state index in [0.717, 1.165) is 10.4 Å². The lowest BCUT2D eigenvalue weighted by Gasteiger charge is -2.22. The average Bonchev–Trinajstić information content (AvgIpc) is 2.95. The highest BCUT2D eigenvalue weighted by molar-refractivity contribution is 7.10. The van der Waals surface area contributed by atoms with Gasteiger partial charge in [0.25, 0.3) is 5.91 Å². The van der Waals surface area contributed by atoms with Gasteiger partial charge in [-0.15, -0.1) is 11.3 Å². The predicted octanol–water partition coefficient (Wildman–Crippen LogP) is 3.44. The normalized spacial score (nSPS) is 12.0. The molecule has 0 spiro atoms. The van der Waals surface area contributed by atoms with E-state index in [0.29, 0.717) is 12.1 Å². The van der Waals surface area contributed by atoms with Crippen LogP contribution in [0.1, 0.15) is 40.2 Å². The van der Waals surface area contributed by atoms with Gasteiger partial charge in [0.15, 0.2) is 0 Å². The lowest BCUT2D eigenvalue weighted by Crippen LogP contribution is -2.49. The fraction of sp³-hybridized carbons (Fsp3) is 0.368. The molecule has 0 aliphatic rings. The van der Waals surface area contributed by atoms with Crippen molar-refractivity contribution in [2.45, 2.75) is 40.3 Å². The number of benzene rings is 1. The monoisotopic (exact) mass is 344 g/mol. The van der Waals surface area contributed by atoms with E-state index in [1.165, 1.54) is 5.56 Å². The summed E-state index contributed by atoms with van der Waals surface area (Å²) in [5.74, 6) is -0.364. The summed E-state index contributed by atoms with van der Waals surface area (Å²) in [7, 11) is 0. The van der Waals surface area contributed by atoms with Crippen LogP contribution in [0.2, 0.25) is 0 Å². The molecular weight excluding hydrogens is 320 g/mol. The fourth-order valence-corrected chi connectivity index (χ4v) is 3.29. The Morgan fingerprint density at radius 1 is 1.08 bits per heavy atom. The first-order valence-corrected chi connectivity index (χ1v) is 8.95. The molecule has 128 valence electrons. The Hall–Kier alpha value is -2.14. The van der Waals surface area contributed by atoms with Crippen LogP contribution in [-0.2, 0) is 11.3 Å². The van der Waals surface area contributed by atoms with E-state index in [1.807, 2.05) is 57.3 Å². The van der Waals surface area contributed by atoms with Crippen molar-refractivity contribution in [1.82, 2.24) is 10.6 Å². The minimum atomic E-state index is -0.558. The highest BCUT2D eigenvalue weighted by Crippen LogP contribution is 2.15. The summed E-state index contributed by atoms with van der Waals surface area (Å²) in [6, 6.07) is 8.85. The Morgan fingerprint density at radius 3 is 2.38 bits per heavy atom. The zero-order chi connectivity index (χ0) is 17.7. The van der Waals surface area contributed by atoms with Gasteiger partial charge in [0, 0.05) is 10.4 Å². The van der Waals surface area contributed by atoms with E-state index in [-0.39, 0.29) is 17.7 Å². The number of hydrogen-bond acceptors (Lipinski definition) is 3. The third kappa shape index (κ3) is 4.45. The minimum absolute atomic E-state index is 0.00222. The first-order chi connectivity index (χ1) is 11.4. The molecule has 1 atom stereocenters. The zero-order valence-electron chi connectivity index (χ0n) is 14.6. The van der Waals surface area contributed by atoms with Crippen LogP contribution >= 0.6 is 11.3 Å². The number of carbonyl (C=O) groups is 2. The Kier molecular flexibility index (Phi) is 6.15. The van der Waals surface area contributed by atoms with Crippen LogP contribution in [0.4, 0.5) is 0 Å². The molecule has 1 heterocycles. The second-order valence-electron chi connectivity index (χ2n) is 6.25. The predicted molar refractivity (Wildman–Crippen MR) is 98.2 cm³/mol. The Bertz CT molecular complexity index is 722. The second-order valence-corrected chi connectivity index (χ2v) is 7.26. The summed E-state index contributed by atoms with van der Waals surface area (Å²) in [6.07, 6.45) is 0. The van der Waals surface area contributed by atoms with Crippen LogP contribution < -0.4 is 10.6 Å². The third-order valence-electron chi connectivity index (χ3n) is 4.02. The van der Waals surface area contributed by atoms with E-state index >= 15 is 0 Å². The van der Waals surface area contributed by atoms with E-state index in [1.54, 1.807) is 17.4 Å². The molecule has 2 amide bonds. The summed E-state index contributed by atoms with van der Waals surface area (Å²) in [5, 5.41) is 7.82. The van der Waals surface area contributed by atoms with Crippen LogP contribution in [0, 0.1) is 19.8 Å². The molecule has 0 saturated carbocycles. The van der Waals surface area contributed by atoms with Gasteiger partial charge in [0.2, 0.25) is 5.91 Å². The number of thiophene rings is 1. The number of rotatable bonds is 6. The van der Waals surface area contributed by atoms with E-state index in [4.69, 9.17) is 0 Å². The van der Waals surface area contributed by atoms with E-state index < -0.39 is 6.04 Å². The van der Waals surface area contributed by atoms with Crippen LogP contribution in [0.25, 0.3) is 0 Å². The Labute approximate surface area is 147 Å². The molecular formula is C19H24N2O2S. The van der Waals surface area contributed by atoms with Gasteiger partial charge >= 0.3 is 0 Å². The zero-order valence-corrected chi connectivity index (χ0v) is 15.4. The van der Waals surface area contributed by atoms with Crippen LogP contribution in [0.15, 0.2) is 35.7 Å². The SMILES string of the molecule is Cc1ccccc1C(=O)NC(C(=O)NCc1sccc1C)C(C)C. The number of nitrogens with one attached hydrogen (secondary N) is 2. The maximum Gasteiger partial charge on any atom is 0.252 e. The maximum absolute atomic E-state index is 12.5. The van der Waals surface area contributed by atoms with Gasteiger partial charge in [-0.05, 0) is 48.4 Å². The standard InChI is InChI=1S/C19H24N2O2S/c1-12(2)17(19(23)20-11-16-14(4)9-10-24-16)21-18(22)15-8-6-5-7-13(15)3/h5-10,12,17H,11H2,1-4H3,(H,20,23)(H,21,22). The average molecular weight is 344 g/mol. The highest BCUT2D eigenvalue weighted by atomic mass is 32.1. The van der Waals surface area contributed by atoms with Gasteiger partial charge in [-0.25, -0.2) is 0 Å². The van der Waals surface area contributed by atoms with Gasteiger partial charge in [0.05, 0.1) is 6.54 Å². The smallest absolute Gasteiger partial charge is 0.252 e. The second kappa shape index (κ2) is 8.11. The van der Waals surface area contributed by atoms with Crippen molar-refractivity contribution in [3.05, 3.63) is 57.3 Å². The molecule has 0 bridgehead atoms. The molecule has 24 heavy (non-hydrogen) atoms. The number of carbonyl (C=O) groups excluding carboxylic acids is 2. The molecule has 0 fully saturated rings. The molecule has 0 saturated heterocycles. The van der Waals surface area contributed by atoms with E-state index in [9.17, 15) is 9.59 Å². The first-order valence-electron chi connectivity index (χ1n) is 8.07. The molecule has 4 nitrogen and oxygen atoms in total. The van der Waals surface area contributed by atoms with Crippen LogP contribution in [0.5, 0.6) is 0 Å². The lowest BCUT2D eigenvalue weighted by molar-refractivity contribution is -0.124. The van der Waals surface area contributed by atoms with Gasteiger partial charge in [0.1, 0.15) is 6.04 Å². The van der Waals surface area contributed by atoms with Crippen molar-refractivity contribution in [3.63, 3.8) is 0 Å². The fourth-order valence-electron chi connectivity index (χ4n) is 2.44. The minimum Gasteiger partial charge on any atom is -0.349 e. The third-order valence-corrected chi connectivity index (χ3v) is 5.04. The lowest BCUT2D eigenvalue weighted by atomic mass is 10.0. The van der Waals surface area contributed by atoms with Crippen molar-refractivity contribution in [2.75, 3.05) is 0 Å². The molecule has 2 N–H and O–H groups in total. The number of amides is 2. The molecule has 1 aromatic heterocycles. The van der Waals surface area contributed by atoms with Gasteiger partial charge in [-0.3, -0.25) is 9.59 Å². The van der Waals surface area contributed by atoms with Gasteiger partial charge in [-0.1, -0.05) is 32.0 Å².